The van der Waals surface area contributed by atoms with Crippen molar-refractivity contribution < 1.29 is 18.3 Å². The summed E-state index contributed by atoms with van der Waals surface area (Å²) >= 11 is 3.11. The van der Waals surface area contributed by atoms with E-state index >= 15 is 0 Å². The molecule has 1 atom stereocenters. The molecular formula is C13H19BrN2O4S. The fourth-order valence-electron chi connectivity index (χ4n) is 1.69. The number of carboxylic acids is 1. The maximum absolute atomic E-state index is 12.3. The Morgan fingerprint density at radius 3 is 2.52 bits per heavy atom. The SMILES string of the molecule is CC(CCN(C)C)NS(=O)(=O)c1ccc(C(=O)O)cc1Br. The van der Waals surface area contributed by atoms with Gasteiger partial charge in [-0.15, -0.1) is 0 Å². The summed E-state index contributed by atoms with van der Waals surface area (Å²) in [5.74, 6) is -1.10. The van der Waals surface area contributed by atoms with Gasteiger partial charge in [0.1, 0.15) is 0 Å². The molecule has 1 rings (SSSR count). The van der Waals surface area contributed by atoms with Crippen LogP contribution in [0.3, 0.4) is 0 Å². The van der Waals surface area contributed by atoms with Crippen molar-refractivity contribution in [3.63, 3.8) is 0 Å². The Labute approximate surface area is 133 Å². The Balaban J connectivity index is 2.90. The lowest BCUT2D eigenvalue weighted by molar-refractivity contribution is 0.0696. The molecule has 1 aromatic carbocycles. The van der Waals surface area contributed by atoms with Crippen LogP contribution in [0.15, 0.2) is 27.6 Å². The first-order chi connectivity index (χ1) is 9.63. The van der Waals surface area contributed by atoms with Crippen LogP contribution in [-0.2, 0) is 10.0 Å². The van der Waals surface area contributed by atoms with E-state index in [1.165, 1.54) is 18.2 Å². The summed E-state index contributed by atoms with van der Waals surface area (Å²) in [6.45, 7) is 2.56. The van der Waals surface area contributed by atoms with E-state index in [2.05, 4.69) is 20.7 Å². The van der Waals surface area contributed by atoms with Gasteiger partial charge in [0.25, 0.3) is 0 Å². The number of carbonyl (C=O) groups is 1. The fourth-order valence-corrected chi connectivity index (χ4v) is 4.05. The Bertz CT molecular complexity index is 617. The highest BCUT2D eigenvalue weighted by Gasteiger charge is 2.21. The molecule has 21 heavy (non-hydrogen) atoms. The smallest absolute Gasteiger partial charge is 0.335 e. The highest BCUT2D eigenvalue weighted by molar-refractivity contribution is 9.10. The predicted molar refractivity (Wildman–Crippen MR) is 84.1 cm³/mol. The van der Waals surface area contributed by atoms with Crippen LogP contribution in [0, 0.1) is 0 Å². The van der Waals surface area contributed by atoms with Crippen molar-refractivity contribution in [1.82, 2.24) is 9.62 Å². The molecule has 0 heterocycles. The molecule has 0 aliphatic heterocycles. The van der Waals surface area contributed by atoms with Crippen molar-refractivity contribution in [3.8, 4) is 0 Å². The molecule has 0 aliphatic carbocycles. The van der Waals surface area contributed by atoms with Gasteiger partial charge in [0.05, 0.1) is 10.5 Å². The van der Waals surface area contributed by atoms with E-state index in [9.17, 15) is 13.2 Å². The monoisotopic (exact) mass is 378 g/mol. The standard InChI is InChI=1S/C13H19BrN2O4S/c1-9(6-7-16(2)3)15-21(19,20)12-5-4-10(13(17)18)8-11(12)14/h4-5,8-9,15H,6-7H2,1-3H3,(H,17,18). The first-order valence-electron chi connectivity index (χ1n) is 6.33. The lowest BCUT2D eigenvalue weighted by Gasteiger charge is -2.17. The molecule has 0 aliphatic rings. The molecule has 0 amide bonds. The van der Waals surface area contributed by atoms with E-state index in [0.717, 1.165) is 6.54 Å². The summed E-state index contributed by atoms with van der Waals surface area (Å²) in [5.41, 5.74) is 0.0291. The van der Waals surface area contributed by atoms with E-state index < -0.39 is 16.0 Å². The molecule has 1 aromatic rings. The third kappa shape index (κ3) is 5.39. The summed E-state index contributed by atoms with van der Waals surface area (Å²) < 4.78 is 27.4. The molecule has 0 spiro atoms. The minimum absolute atomic E-state index is 0.0291. The van der Waals surface area contributed by atoms with Crippen LogP contribution in [0.2, 0.25) is 0 Å². The van der Waals surface area contributed by atoms with Crippen LogP contribution in [-0.4, -0.2) is 51.1 Å². The number of aromatic carboxylic acids is 1. The van der Waals surface area contributed by atoms with Crippen molar-refractivity contribution in [2.24, 2.45) is 0 Å². The van der Waals surface area contributed by atoms with Crippen molar-refractivity contribution in [3.05, 3.63) is 28.2 Å². The van der Waals surface area contributed by atoms with Gasteiger partial charge in [0.2, 0.25) is 10.0 Å². The fraction of sp³-hybridized carbons (Fsp3) is 0.462. The minimum Gasteiger partial charge on any atom is -0.478 e. The second-order valence-corrected chi connectivity index (χ2v) is 7.60. The summed E-state index contributed by atoms with van der Waals surface area (Å²) in [6.07, 6.45) is 0.678. The third-order valence-electron chi connectivity index (χ3n) is 2.83. The molecule has 8 heteroatoms. The van der Waals surface area contributed by atoms with Crippen LogP contribution in [0.4, 0.5) is 0 Å². The first-order valence-corrected chi connectivity index (χ1v) is 8.61. The molecule has 0 saturated carbocycles. The zero-order valence-corrected chi connectivity index (χ0v) is 14.5. The van der Waals surface area contributed by atoms with E-state index in [1.807, 2.05) is 19.0 Å². The molecule has 118 valence electrons. The topological polar surface area (TPSA) is 86.7 Å². The minimum atomic E-state index is -3.69. The second-order valence-electron chi connectivity index (χ2n) is 5.06. The average Bonchev–Trinajstić information content (AvgIpc) is 2.35. The van der Waals surface area contributed by atoms with E-state index in [0.29, 0.717) is 6.42 Å². The van der Waals surface area contributed by atoms with Crippen LogP contribution >= 0.6 is 15.9 Å². The molecule has 0 saturated heterocycles. The number of sulfonamides is 1. The molecular weight excluding hydrogens is 360 g/mol. The van der Waals surface area contributed by atoms with Gasteiger partial charge in [-0.25, -0.2) is 17.9 Å². The quantitative estimate of drug-likeness (QED) is 0.754. The van der Waals surface area contributed by atoms with Crippen LogP contribution in [0.5, 0.6) is 0 Å². The lowest BCUT2D eigenvalue weighted by Crippen LogP contribution is -2.35. The molecule has 0 radical (unpaired) electrons. The zero-order chi connectivity index (χ0) is 16.2. The van der Waals surface area contributed by atoms with Crippen molar-refractivity contribution in [2.75, 3.05) is 20.6 Å². The van der Waals surface area contributed by atoms with Crippen LogP contribution in [0.1, 0.15) is 23.7 Å². The third-order valence-corrected chi connectivity index (χ3v) is 5.40. The summed E-state index contributed by atoms with van der Waals surface area (Å²) in [7, 11) is 0.149. The largest absolute Gasteiger partial charge is 0.478 e. The van der Waals surface area contributed by atoms with Crippen molar-refractivity contribution in [1.29, 1.82) is 0 Å². The number of hydrogen-bond donors (Lipinski definition) is 2. The summed E-state index contributed by atoms with van der Waals surface area (Å²) in [4.78, 5) is 12.9. The molecule has 2 N–H and O–H groups in total. The molecule has 1 unspecified atom stereocenters. The van der Waals surface area contributed by atoms with Gasteiger partial charge in [-0.3, -0.25) is 0 Å². The van der Waals surface area contributed by atoms with Gasteiger partial charge >= 0.3 is 5.97 Å². The molecule has 6 nitrogen and oxygen atoms in total. The van der Waals surface area contributed by atoms with E-state index in [4.69, 9.17) is 5.11 Å². The number of hydrogen-bond acceptors (Lipinski definition) is 4. The maximum atomic E-state index is 12.3. The number of halogens is 1. The molecule has 0 fully saturated rings. The Hall–Kier alpha value is -0.960. The van der Waals surface area contributed by atoms with Gasteiger partial charge < -0.3 is 10.0 Å². The number of nitrogens with one attached hydrogen (secondary N) is 1. The lowest BCUT2D eigenvalue weighted by atomic mass is 10.2. The zero-order valence-electron chi connectivity index (χ0n) is 12.1. The maximum Gasteiger partial charge on any atom is 0.335 e. The summed E-state index contributed by atoms with van der Waals surface area (Å²) in [6, 6.07) is 3.62. The molecule has 0 aromatic heterocycles. The number of carboxylic acid groups (broad SMARTS) is 1. The summed E-state index contributed by atoms with van der Waals surface area (Å²) in [5, 5.41) is 8.88. The van der Waals surface area contributed by atoms with Crippen LogP contribution in [0.25, 0.3) is 0 Å². The van der Waals surface area contributed by atoms with Gasteiger partial charge in [0, 0.05) is 10.5 Å². The van der Waals surface area contributed by atoms with Crippen molar-refractivity contribution >= 4 is 31.9 Å². The van der Waals surface area contributed by atoms with Gasteiger partial charge in [-0.05, 0) is 68.1 Å². The normalized spacial score (nSPS) is 13.4. The second kappa shape index (κ2) is 7.35. The highest BCUT2D eigenvalue weighted by atomic mass is 79.9. The number of nitrogens with zero attached hydrogens (tertiary/aromatic N) is 1. The van der Waals surface area contributed by atoms with Gasteiger partial charge in [-0.1, -0.05) is 0 Å². The Kier molecular flexibility index (Phi) is 6.33. The van der Waals surface area contributed by atoms with Crippen molar-refractivity contribution in [2.45, 2.75) is 24.3 Å². The first kappa shape index (κ1) is 18.1. The Morgan fingerprint density at radius 1 is 1.43 bits per heavy atom. The van der Waals surface area contributed by atoms with Crippen LogP contribution < -0.4 is 4.72 Å². The number of benzene rings is 1. The Morgan fingerprint density at radius 2 is 2.05 bits per heavy atom. The number of rotatable bonds is 7. The van der Waals surface area contributed by atoms with Gasteiger partial charge in [-0.2, -0.15) is 0 Å². The predicted octanol–water partition coefficient (Wildman–Crippen LogP) is 1.77. The average molecular weight is 379 g/mol. The highest BCUT2D eigenvalue weighted by Crippen LogP contribution is 2.23. The van der Waals surface area contributed by atoms with E-state index in [1.54, 1.807) is 6.92 Å². The van der Waals surface area contributed by atoms with Gasteiger partial charge in [0.15, 0.2) is 0 Å². The molecule has 0 bridgehead atoms. The van der Waals surface area contributed by atoms with E-state index in [-0.39, 0.29) is 21.0 Å².